The summed E-state index contributed by atoms with van der Waals surface area (Å²) >= 11 is 12.6. The fourth-order valence-electron chi connectivity index (χ4n) is 3.41. The van der Waals surface area contributed by atoms with Crippen molar-refractivity contribution in [3.8, 4) is 11.9 Å². The molecule has 2 unspecified atom stereocenters. The van der Waals surface area contributed by atoms with E-state index in [1.165, 1.54) is 0 Å². The minimum absolute atomic E-state index is 0.0118. The van der Waals surface area contributed by atoms with Crippen LogP contribution in [0.25, 0.3) is 0 Å². The molecule has 0 radical (unpaired) electrons. The first kappa shape index (κ1) is 22.9. The Balaban J connectivity index is 1.45. The van der Waals surface area contributed by atoms with Gasteiger partial charge < -0.3 is 24.5 Å². The lowest BCUT2D eigenvalue weighted by atomic mass is 10.1. The Kier molecular flexibility index (Phi) is 7.01. The van der Waals surface area contributed by atoms with Gasteiger partial charge in [0.15, 0.2) is 6.19 Å². The van der Waals surface area contributed by atoms with Crippen LogP contribution in [0, 0.1) is 11.5 Å². The van der Waals surface area contributed by atoms with Crippen LogP contribution in [-0.4, -0.2) is 34.8 Å². The third-order valence-electron chi connectivity index (χ3n) is 4.86. The molecule has 0 saturated carbocycles. The van der Waals surface area contributed by atoms with E-state index in [-0.39, 0.29) is 18.7 Å². The number of rotatable bonds is 7. The Bertz CT molecular complexity index is 1160. The number of aliphatic imine (C=N–C) groups is 1. The Hall–Kier alpha value is -3.29. The standard InChI is InChI=1S/C22H20Cl2N6O3/c23-15-1-6-19(20(24)9-15)22(12-30-8-7-27-14-30)32-11-18(33-22)10-31-17-4-2-16(3-5-17)29-21(26)28-13-25/h1-9,14,18H,10-12H2,(H3,26,28,29). The van der Waals surface area contributed by atoms with Gasteiger partial charge in [-0.25, -0.2) is 9.98 Å². The number of nitriles is 1. The highest BCUT2D eigenvalue weighted by molar-refractivity contribution is 6.35. The number of nitrogens with one attached hydrogen (secondary N) is 1. The average Bonchev–Trinajstić information content (AvgIpc) is 3.44. The number of imidazole rings is 1. The number of benzene rings is 2. The van der Waals surface area contributed by atoms with Crippen molar-refractivity contribution >= 4 is 34.8 Å². The van der Waals surface area contributed by atoms with E-state index in [4.69, 9.17) is 48.4 Å². The predicted molar refractivity (Wildman–Crippen MR) is 123 cm³/mol. The molecule has 11 heteroatoms. The van der Waals surface area contributed by atoms with Crippen LogP contribution < -0.4 is 15.8 Å². The zero-order valence-corrected chi connectivity index (χ0v) is 18.8. The highest BCUT2D eigenvalue weighted by Crippen LogP contribution is 2.40. The summed E-state index contributed by atoms with van der Waals surface area (Å²) < 4.78 is 20.3. The Labute approximate surface area is 200 Å². The van der Waals surface area contributed by atoms with Gasteiger partial charge in [-0.1, -0.05) is 29.3 Å². The van der Waals surface area contributed by atoms with E-state index in [9.17, 15) is 0 Å². The van der Waals surface area contributed by atoms with Gasteiger partial charge in [0.25, 0.3) is 0 Å². The summed E-state index contributed by atoms with van der Waals surface area (Å²) in [5.74, 6) is -0.473. The van der Waals surface area contributed by atoms with Crippen LogP contribution in [0.4, 0.5) is 5.69 Å². The first-order valence-corrected chi connectivity index (χ1v) is 10.7. The van der Waals surface area contributed by atoms with Gasteiger partial charge in [-0.2, -0.15) is 5.26 Å². The van der Waals surface area contributed by atoms with Crippen LogP contribution in [0.2, 0.25) is 10.0 Å². The number of nitrogens with two attached hydrogens (primary N) is 1. The van der Waals surface area contributed by atoms with E-state index in [2.05, 4.69) is 15.3 Å². The van der Waals surface area contributed by atoms with Gasteiger partial charge in [0.2, 0.25) is 11.7 Å². The van der Waals surface area contributed by atoms with E-state index < -0.39 is 5.79 Å². The van der Waals surface area contributed by atoms with E-state index in [1.807, 2.05) is 10.8 Å². The second-order valence-electron chi connectivity index (χ2n) is 7.20. The minimum atomic E-state index is -1.11. The molecule has 1 aliphatic heterocycles. The molecule has 0 bridgehead atoms. The van der Waals surface area contributed by atoms with Crippen molar-refractivity contribution in [2.45, 2.75) is 18.4 Å². The smallest absolute Gasteiger partial charge is 0.215 e. The molecular formula is C22H20Cl2N6O3. The molecule has 1 fully saturated rings. The van der Waals surface area contributed by atoms with Crippen molar-refractivity contribution in [3.05, 3.63) is 76.8 Å². The zero-order valence-electron chi connectivity index (χ0n) is 17.3. The topological polar surface area (TPSA) is 120 Å². The molecule has 0 spiro atoms. The first-order chi connectivity index (χ1) is 16.0. The van der Waals surface area contributed by atoms with Crippen LogP contribution in [0.3, 0.4) is 0 Å². The number of ether oxygens (including phenoxy) is 3. The highest BCUT2D eigenvalue weighted by Gasteiger charge is 2.45. The molecule has 170 valence electrons. The third-order valence-corrected chi connectivity index (χ3v) is 5.40. The van der Waals surface area contributed by atoms with Crippen molar-refractivity contribution < 1.29 is 14.2 Å². The number of nitrogens with zero attached hydrogens (tertiary/aromatic N) is 4. The molecule has 2 heterocycles. The largest absolute Gasteiger partial charge is 0.491 e. The number of hydrogen-bond acceptors (Lipinski definition) is 6. The predicted octanol–water partition coefficient (Wildman–Crippen LogP) is 3.55. The maximum atomic E-state index is 8.56. The summed E-state index contributed by atoms with van der Waals surface area (Å²) in [5, 5.41) is 11.8. The second-order valence-corrected chi connectivity index (χ2v) is 8.05. The van der Waals surface area contributed by atoms with Crippen LogP contribution in [0.1, 0.15) is 5.56 Å². The Morgan fingerprint density at radius 2 is 2.15 bits per heavy atom. The van der Waals surface area contributed by atoms with E-state index in [1.54, 1.807) is 61.2 Å². The van der Waals surface area contributed by atoms with E-state index in [0.717, 1.165) is 0 Å². The molecule has 4 rings (SSSR count). The third kappa shape index (κ3) is 5.56. The zero-order chi connectivity index (χ0) is 23.3. The van der Waals surface area contributed by atoms with Crippen LogP contribution >= 0.6 is 23.2 Å². The summed E-state index contributed by atoms with van der Waals surface area (Å²) in [4.78, 5) is 8.15. The van der Waals surface area contributed by atoms with Gasteiger partial charge in [-0.05, 0) is 36.4 Å². The van der Waals surface area contributed by atoms with Gasteiger partial charge in [-0.15, -0.1) is 0 Å². The van der Waals surface area contributed by atoms with E-state index >= 15 is 0 Å². The summed E-state index contributed by atoms with van der Waals surface area (Å²) in [5.41, 5.74) is 6.83. The number of guanidine groups is 1. The highest BCUT2D eigenvalue weighted by atomic mass is 35.5. The van der Waals surface area contributed by atoms with Crippen molar-refractivity contribution in [1.82, 2.24) is 14.9 Å². The quantitative estimate of drug-likeness (QED) is 0.226. The fraction of sp³-hybridized carbons (Fsp3) is 0.227. The maximum absolute atomic E-state index is 8.56. The van der Waals surface area contributed by atoms with Crippen LogP contribution in [0.15, 0.2) is 66.2 Å². The first-order valence-electron chi connectivity index (χ1n) is 9.92. The molecular weight excluding hydrogens is 467 g/mol. The van der Waals surface area contributed by atoms with Crippen LogP contribution in [-0.2, 0) is 21.8 Å². The van der Waals surface area contributed by atoms with Crippen molar-refractivity contribution in [2.75, 3.05) is 13.2 Å². The van der Waals surface area contributed by atoms with Crippen molar-refractivity contribution in [2.24, 2.45) is 10.7 Å². The lowest BCUT2D eigenvalue weighted by Gasteiger charge is -2.30. The second kappa shape index (κ2) is 10.1. The van der Waals surface area contributed by atoms with Crippen molar-refractivity contribution in [3.63, 3.8) is 0 Å². The molecule has 0 amide bonds. The lowest BCUT2D eigenvalue weighted by Crippen LogP contribution is -2.34. The molecule has 3 N–H and O–H groups in total. The van der Waals surface area contributed by atoms with Gasteiger partial charge in [0.05, 0.1) is 30.2 Å². The number of aromatic nitrogens is 2. The number of halogens is 2. The molecule has 9 nitrogen and oxygen atoms in total. The summed E-state index contributed by atoms with van der Waals surface area (Å²) in [6.45, 7) is 0.930. The van der Waals surface area contributed by atoms with Gasteiger partial charge >= 0.3 is 0 Å². The average molecular weight is 487 g/mol. The fourth-order valence-corrected chi connectivity index (χ4v) is 3.96. The van der Waals surface area contributed by atoms with Crippen LogP contribution in [0.5, 0.6) is 5.75 Å². The minimum Gasteiger partial charge on any atom is -0.491 e. The molecule has 1 aromatic heterocycles. The molecule has 2 aromatic carbocycles. The van der Waals surface area contributed by atoms with Gasteiger partial charge in [0, 0.05) is 23.0 Å². The van der Waals surface area contributed by atoms with Crippen molar-refractivity contribution in [1.29, 1.82) is 5.26 Å². The molecule has 1 aliphatic rings. The Morgan fingerprint density at radius 1 is 1.33 bits per heavy atom. The summed E-state index contributed by atoms with van der Waals surface area (Å²) in [6, 6.07) is 12.2. The lowest BCUT2D eigenvalue weighted by molar-refractivity contribution is -0.189. The molecule has 1 saturated heterocycles. The molecule has 0 aliphatic carbocycles. The molecule has 2 atom stereocenters. The Morgan fingerprint density at radius 3 is 2.85 bits per heavy atom. The normalized spacial score (nSPS) is 20.4. The SMILES string of the molecule is N#CNC(N)=Nc1ccc(OCC2COC(Cn3ccnc3)(c3ccc(Cl)cc3Cl)O2)cc1. The summed E-state index contributed by atoms with van der Waals surface area (Å²) in [6.07, 6.45) is 6.57. The van der Waals surface area contributed by atoms with Gasteiger partial charge in [-0.3, -0.25) is 5.32 Å². The summed E-state index contributed by atoms with van der Waals surface area (Å²) in [7, 11) is 0. The van der Waals surface area contributed by atoms with E-state index in [0.29, 0.717) is 40.2 Å². The molecule has 33 heavy (non-hydrogen) atoms. The monoisotopic (exact) mass is 486 g/mol. The molecule has 3 aromatic rings. The number of hydrogen-bond donors (Lipinski definition) is 2. The van der Waals surface area contributed by atoms with Gasteiger partial charge in [0.1, 0.15) is 18.5 Å². The maximum Gasteiger partial charge on any atom is 0.215 e.